The van der Waals surface area contributed by atoms with Gasteiger partial charge in [-0.15, -0.1) is 0 Å². The molecule has 0 radical (unpaired) electrons. The minimum atomic E-state index is -0.207. The van der Waals surface area contributed by atoms with Crippen molar-refractivity contribution in [2.45, 2.75) is 0 Å². The molecule has 5 N–H and O–H groups in total. The van der Waals surface area contributed by atoms with Gasteiger partial charge in [0.25, 0.3) is 5.91 Å². The molecule has 4 rings (SSSR count). The molecule has 0 saturated carbocycles. The van der Waals surface area contributed by atoms with Gasteiger partial charge in [-0.2, -0.15) is 0 Å². The SMILES string of the molecule is Nc1cccc(Oc2ncnc(N)c2-c2ccc(C(=O)Nc3ccccc3)cc2)c1. The van der Waals surface area contributed by atoms with Crippen LogP contribution in [-0.4, -0.2) is 15.9 Å². The number of aromatic nitrogens is 2. The summed E-state index contributed by atoms with van der Waals surface area (Å²) in [4.78, 5) is 20.8. The maximum absolute atomic E-state index is 12.5. The lowest BCUT2D eigenvalue weighted by molar-refractivity contribution is 0.102. The van der Waals surface area contributed by atoms with Gasteiger partial charge in [0.15, 0.2) is 0 Å². The number of hydrogen-bond donors (Lipinski definition) is 3. The molecule has 0 aliphatic carbocycles. The van der Waals surface area contributed by atoms with Crippen LogP contribution in [0.25, 0.3) is 11.1 Å². The molecule has 0 atom stereocenters. The highest BCUT2D eigenvalue weighted by Gasteiger charge is 2.15. The summed E-state index contributed by atoms with van der Waals surface area (Å²) in [5.41, 5.74) is 15.0. The highest BCUT2D eigenvalue weighted by Crippen LogP contribution is 2.35. The molecule has 1 aromatic heterocycles. The van der Waals surface area contributed by atoms with E-state index < -0.39 is 0 Å². The van der Waals surface area contributed by atoms with Crippen molar-refractivity contribution < 1.29 is 9.53 Å². The molecule has 0 aliphatic rings. The van der Waals surface area contributed by atoms with Crippen LogP contribution >= 0.6 is 0 Å². The summed E-state index contributed by atoms with van der Waals surface area (Å²) in [6, 6.07) is 23.3. The molecule has 0 aliphatic heterocycles. The van der Waals surface area contributed by atoms with Gasteiger partial charge in [-0.05, 0) is 42.0 Å². The number of hydrogen-bond acceptors (Lipinski definition) is 6. The zero-order valence-electron chi connectivity index (χ0n) is 15.9. The first kappa shape index (κ1) is 18.9. The number of carbonyl (C=O) groups excluding carboxylic acids is 1. The van der Waals surface area contributed by atoms with Crippen LogP contribution in [0.2, 0.25) is 0 Å². The summed E-state index contributed by atoms with van der Waals surface area (Å²) in [6.45, 7) is 0. The number of anilines is 3. The molecule has 7 nitrogen and oxygen atoms in total. The van der Waals surface area contributed by atoms with Crippen LogP contribution in [0, 0.1) is 0 Å². The summed E-state index contributed by atoms with van der Waals surface area (Å²) < 4.78 is 5.89. The van der Waals surface area contributed by atoms with E-state index in [2.05, 4.69) is 15.3 Å². The first-order chi connectivity index (χ1) is 14.6. The van der Waals surface area contributed by atoms with Gasteiger partial charge in [0, 0.05) is 23.0 Å². The van der Waals surface area contributed by atoms with Crippen LogP contribution in [-0.2, 0) is 0 Å². The summed E-state index contributed by atoms with van der Waals surface area (Å²) in [7, 11) is 0. The first-order valence-electron chi connectivity index (χ1n) is 9.21. The fourth-order valence-electron chi connectivity index (χ4n) is 2.93. The van der Waals surface area contributed by atoms with Gasteiger partial charge in [-0.3, -0.25) is 4.79 Å². The van der Waals surface area contributed by atoms with E-state index in [0.29, 0.717) is 28.4 Å². The Morgan fingerprint density at radius 1 is 0.867 bits per heavy atom. The molecule has 7 heteroatoms. The van der Waals surface area contributed by atoms with Crippen molar-refractivity contribution in [2.75, 3.05) is 16.8 Å². The molecular weight excluding hydrogens is 378 g/mol. The molecule has 0 unspecified atom stereocenters. The number of amides is 1. The van der Waals surface area contributed by atoms with Gasteiger partial charge in [-0.25, -0.2) is 9.97 Å². The number of nitrogens with one attached hydrogen (secondary N) is 1. The van der Waals surface area contributed by atoms with E-state index in [1.165, 1.54) is 6.33 Å². The number of carbonyl (C=O) groups is 1. The summed E-state index contributed by atoms with van der Waals surface area (Å²) >= 11 is 0. The average molecular weight is 397 g/mol. The van der Waals surface area contributed by atoms with Crippen LogP contribution in [0.3, 0.4) is 0 Å². The standard InChI is InChI=1S/C23H19N5O2/c24-17-5-4-8-19(13-17)30-23-20(21(25)26-14-27-23)15-9-11-16(12-10-15)22(29)28-18-6-2-1-3-7-18/h1-14H,24H2,(H,28,29)(H2,25,26,27). The molecule has 1 heterocycles. The third kappa shape index (κ3) is 4.20. The summed E-state index contributed by atoms with van der Waals surface area (Å²) in [5.74, 6) is 0.898. The lowest BCUT2D eigenvalue weighted by Gasteiger charge is -2.12. The quantitative estimate of drug-likeness (QED) is 0.431. The zero-order chi connectivity index (χ0) is 20.9. The third-order valence-corrected chi connectivity index (χ3v) is 4.38. The second-order valence-electron chi connectivity index (χ2n) is 6.51. The predicted octanol–water partition coefficient (Wildman–Crippen LogP) is 4.35. The van der Waals surface area contributed by atoms with E-state index in [1.807, 2.05) is 30.3 Å². The Morgan fingerprint density at radius 2 is 1.63 bits per heavy atom. The van der Waals surface area contributed by atoms with Crippen LogP contribution < -0.4 is 21.5 Å². The molecule has 0 fully saturated rings. The topological polar surface area (TPSA) is 116 Å². The lowest BCUT2D eigenvalue weighted by atomic mass is 10.0. The van der Waals surface area contributed by atoms with Gasteiger partial charge in [0.1, 0.15) is 17.9 Å². The number of rotatable bonds is 5. The van der Waals surface area contributed by atoms with Crippen LogP contribution in [0.1, 0.15) is 10.4 Å². The van der Waals surface area contributed by atoms with Crippen molar-refractivity contribution >= 4 is 23.1 Å². The maximum Gasteiger partial charge on any atom is 0.255 e. The number of nitrogen functional groups attached to an aromatic ring is 2. The lowest BCUT2D eigenvalue weighted by Crippen LogP contribution is -2.11. The fraction of sp³-hybridized carbons (Fsp3) is 0. The van der Waals surface area contributed by atoms with Gasteiger partial charge in [-0.1, -0.05) is 36.4 Å². The van der Waals surface area contributed by atoms with E-state index in [-0.39, 0.29) is 11.7 Å². The molecular formula is C23H19N5O2. The molecule has 0 bridgehead atoms. The maximum atomic E-state index is 12.5. The van der Waals surface area contributed by atoms with E-state index >= 15 is 0 Å². The predicted molar refractivity (Wildman–Crippen MR) is 117 cm³/mol. The van der Waals surface area contributed by atoms with Gasteiger partial charge >= 0.3 is 0 Å². The van der Waals surface area contributed by atoms with Gasteiger partial charge in [0.05, 0.1) is 5.56 Å². The van der Waals surface area contributed by atoms with Crippen molar-refractivity contribution in [1.82, 2.24) is 9.97 Å². The van der Waals surface area contributed by atoms with Gasteiger partial charge < -0.3 is 21.5 Å². The van der Waals surface area contributed by atoms with Crippen molar-refractivity contribution in [3.63, 3.8) is 0 Å². The van der Waals surface area contributed by atoms with Crippen molar-refractivity contribution in [2.24, 2.45) is 0 Å². The largest absolute Gasteiger partial charge is 0.438 e. The Morgan fingerprint density at radius 3 is 2.37 bits per heavy atom. The molecule has 1 amide bonds. The Kier molecular flexibility index (Phi) is 5.25. The monoisotopic (exact) mass is 397 g/mol. The van der Waals surface area contributed by atoms with Crippen LogP contribution in [0.5, 0.6) is 11.6 Å². The Bertz CT molecular complexity index is 1180. The smallest absolute Gasteiger partial charge is 0.255 e. The van der Waals surface area contributed by atoms with E-state index in [1.54, 1.807) is 48.5 Å². The highest BCUT2D eigenvalue weighted by atomic mass is 16.5. The van der Waals surface area contributed by atoms with E-state index in [4.69, 9.17) is 16.2 Å². The molecule has 4 aromatic rings. The summed E-state index contributed by atoms with van der Waals surface area (Å²) in [6.07, 6.45) is 1.34. The third-order valence-electron chi connectivity index (χ3n) is 4.38. The summed E-state index contributed by atoms with van der Waals surface area (Å²) in [5, 5.41) is 2.85. The Hall–Kier alpha value is -4.39. The molecule has 30 heavy (non-hydrogen) atoms. The number of para-hydroxylation sites is 1. The number of ether oxygens (including phenoxy) is 1. The second-order valence-corrected chi connectivity index (χ2v) is 6.51. The molecule has 3 aromatic carbocycles. The van der Waals surface area contributed by atoms with Crippen LogP contribution in [0.15, 0.2) is 85.2 Å². The fourth-order valence-corrected chi connectivity index (χ4v) is 2.93. The van der Waals surface area contributed by atoms with E-state index in [0.717, 1.165) is 11.3 Å². The molecule has 148 valence electrons. The minimum Gasteiger partial charge on any atom is -0.438 e. The Labute approximate surface area is 173 Å². The van der Waals surface area contributed by atoms with Crippen molar-refractivity contribution in [3.8, 4) is 22.8 Å². The molecule has 0 saturated heterocycles. The number of nitrogens with two attached hydrogens (primary N) is 2. The number of benzene rings is 3. The first-order valence-corrected chi connectivity index (χ1v) is 9.21. The zero-order valence-corrected chi connectivity index (χ0v) is 15.9. The average Bonchev–Trinajstić information content (AvgIpc) is 2.75. The van der Waals surface area contributed by atoms with Crippen LogP contribution in [0.4, 0.5) is 17.2 Å². The second kappa shape index (κ2) is 8.32. The minimum absolute atomic E-state index is 0.207. The molecule has 0 spiro atoms. The number of nitrogens with zero attached hydrogens (tertiary/aromatic N) is 2. The normalized spacial score (nSPS) is 10.4. The van der Waals surface area contributed by atoms with E-state index in [9.17, 15) is 4.79 Å². The van der Waals surface area contributed by atoms with Crippen molar-refractivity contribution in [3.05, 3.63) is 90.8 Å². The van der Waals surface area contributed by atoms with Crippen molar-refractivity contribution in [1.29, 1.82) is 0 Å². The highest BCUT2D eigenvalue weighted by molar-refractivity contribution is 6.04. The van der Waals surface area contributed by atoms with Gasteiger partial charge in [0.2, 0.25) is 5.88 Å². The Balaban J connectivity index is 1.60.